The maximum atomic E-state index is 12.1. The molecule has 1 fully saturated rings. The van der Waals surface area contributed by atoms with Crippen LogP contribution in [0.25, 0.3) is 11.1 Å². The van der Waals surface area contributed by atoms with Crippen molar-refractivity contribution in [3.05, 3.63) is 42.2 Å². The monoisotopic (exact) mass is 379 g/mol. The topological polar surface area (TPSA) is 64.1 Å². The largest absolute Gasteiger partial charge is 0.463 e. The average molecular weight is 379 g/mol. The molecular weight excluding hydrogens is 359 g/mol. The van der Waals surface area contributed by atoms with Crippen LogP contribution in [0, 0.1) is 5.92 Å². The summed E-state index contributed by atoms with van der Waals surface area (Å²) < 4.78 is 41.2. The zero-order valence-corrected chi connectivity index (χ0v) is 14.8. The van der Waals surface area contributed by atoms with Gasteiger partial charge in [0.25, 0.3) is 0 Å². The summed E-state index contributed by atoms with van der Waals surface area (Å²) in [6, 6.07) is 7.45. The first-order valence-electron chi connectivity index (χ1n) is 8.74. The number of alkyl halides is 3. The van der Waals surface area contributed by atoms with Gasteiger partial charge in [0.05, 0.1) is 12.5 Å². The van der Waals surface area contributed by atoms with Crippen molar-refractivity contribution in [2.24, 2.45) is 5.92 Å². The van der Waals surface area contributed by atoms with E-state index in [-0.39, 0.29) is 23.9 Å². The van der Waals surface area contributed by atoms with Gasteiger partial charge in [-0.15, -0.1) is 0 Å². The molecule has 0 bridgehead atoms. The molecule has 1 N–H and O–H groups in total. The van der Waals surface area contributed by atoms with E-state index < -0.39 is 19.2 Å². The summed E-state index contributed by atoms with van der Waals surface area (Å²) in [5.41, 5.74) is 2.57. The van der Waals surface area contributed by atoms with E-state index in [1.54, 1.807) is 0 Å². The third-order valence-electron chi connectivity index (χ3n) is 4.30. The Morgan fingerprint density at radius 3 is 2.37 bits per heavy atom. The normalized spacial score (nSPS) is 15.3. The summed E-state index contributed by atoms with van der Waals surface area (Å²) in [4.78, 5) is 19.7. The fraction of sp³-hybridized carbons (Fsp3) is 0.421. The molecule has 1 atom stereocenters. The highest BCUT2D eigenvalue weighted by Crippen LogP contribution is 2.30. The number of hydrogen-bond donors (Lipinski definition) is 1. The predicted octanol–water partition coefficient (Wildman–Crippen LogP) is 4.06. The van der Waals surface area contributed by atoms with Crippen molar-refractivity contribution in [1.29, 1.82) is 0 Å². The summed E-state index contributed by atoms with van der Waals surface area (Å²) in [6.07, 6.45) is -0.376. The van der Waals surface area contributed by atoms with E-state index in [4.69, 9.17) is 4.74 Å². The molecule has 5 nitrogen and oxygen atoms in total. The highest BCUT2D eigenvalue weighted by atomic mass is 19.4. The molecule has 0 spiro atoms. The average Bonchev–Trinajstić information content (AvgIpc) is 3.46. The standard InChI is InChI=1S/C19H20F3N3O2/c1-12(25-17(26)15-6-7-15)13-2-4-14(5-3-13)16-10-23-18(24-11-16)27-9-8-19(20,21)22/h2-5,10-12,15H,6-9H2,1H3,(H,25,26)/t12-/m0/s1. The van der Waals surface area contributed by atoms with Crippen LogP contribution in [-0.4, -0.2) is 28.7 Å². The molecule has 0 saturated heterocycles. The number of halogens is 3. The number of carbonyl (C=O) groups is 1. The minimum Gasteiger partial charge on any atom is -0.463 e. The molecule has 1 aromatic carbocycles. The lowest BCUT2D eigenvalue weighted by atomic mass is 10.0. The first kappa shape index (κ1) is 19.1. The van der Waals surface area contributed by atoms with Crippen molar-refractivity contribution >= 4 is 5.91 Å². The van der Waals surface area contributed by atoms with Gasteiger partial charge in [-0.3, -0.25) is 4.79 Å². The minimum atomic E-state index is -4.27. The maximum absolute atomic E-state index is 12.1. The van der Waals surface area contributed by atoms with E-state index in [0.717, 1.165) is 29.5 Å². The van der Waals surface area contributed by atoms with Gasteiger partial charge in [-0.25, -0.2) is 9.97 Å². The highest BCUT2D eigenvalue weighted by molar-refractivity contribution is 5.81. The second kappa shape index (κ2) is 7.94. The van der Waals surface area contributed by atoms with Crippen molar-refractivity contribution in [3.63, 3.8) is 0 Å². The molecule has 0 radical (unpaired) electrons. The van der Waals surface area contributed by atoms with Crippen LogP contribution in [0.1, 0.15) is 37.8 Å². The lowest BCUT2D eigenvalue weighted by molar-refractivity contribution is -0.139. The van der Waals surface area contributed by atoms with Crippen LogP contribution in [0.5, 0.6) is 6.01 Å². The number of hydrogen-bond acceptors (Lipinski definition) is 4. The van der Waals surface area contributed by atoms with Crippen LogP contribution in [0.4, 0.5) is 13.2 Å². The van der Waals surface area contributed by atoms with Crippen molar-refractivity contribution < 1.29 is 22.7 Å². The van der Waals surface area contributed by atoms with Crippen LogP contribution in [0.2, 0.25) is 0 Å². The van der Waals surface area contributed by atoms with E-state index in [9.17, 15) is 18.0 Å². The molecular formula is C19H20F3N3O2. The Labute approximate surface area is 155 Å². The summed E-state index contributed by atoms with van der Waals surface area (Å²) in [5.74, 6) is 0.266. The number of nitrogens with zero attached hydrogens (tertiary/aromatic N) is 2. The zero-order valence-electron chi connectivity index (χ0n) is 14.8. The van der Waals surface area contributed by atoms with E-state index >= 15 is 0 Å². The molecule has 1 aliphatic rings. The van der Waals surface area contributed by atoms with Crippen molar-refractivity contribution in [3.8, 4) is 17.1 Å². The Morgan fingerprint density at radius 2 is 1.81 bits per heavy atom. The number of amides is 1. The van der Waals surface area contributed by atoms with Crippen molar-refractivity contribution in [2.45, 2.75) is 38.4 Å². The Morgan fingerprint density at radius 1 is 1.19 bits per heavy atom. The van der Waals surface area contributed by atoms with E-state index in [2.05, 4.69) is 15.3 Å². The molecule has 1 amide bonds. The highest BCUT2D eigenvalue weighted by Gasteiger charge is 2.30. The Hall–Kier alpha value is -2.64. The zero-order chi connectivity index (χ0) is 19.4. The van der Waals surface area contributed by atoms with Gasteiger partial charge in [0.15, 0.2) is 0 Å². The Balaban J connectivity index is 1.57. The van der Waals surface area contributed by atoms with Crippen LogP contribution in [-0.2, 0) is 4.79 Å². The molecule has 1 aliphatic carbocycles. The predicted molar refractivity (Wildman–Crippen MR) is 92.9 cm³/mol. The first-order chi connectivity index (χ1) is 12.8. The number of nitrogens with one attached hydrogen (secondary N) is 1. The van der Waals surface area contributed by atoms with E-state index in [0.29, 0.717) is 0 Å². The quantitative estimate of drug-likeness (QED) is 0.788. The third kappa shape index (κ3) is 5.67. The molecule has 144 valence electrons. The van der Waals surface area contributed by atoms with Crippen molar-refractivity contribution in [1.82, 2.24) is 15.3 Å². The molecule has 0 unspecified atom stereocenters. The van der Waals surface area contributed by atoms with Crippen molar-refractivity contribution in [2.75, 3.05) is 6.61 Å². The lowest BCUT2D eigenvalue weighted by Gasteiger charge is -2.14. The minimum absolute atomic E-state index is 0.0761. The molecule has 3 rings (SSSR count). The van der Waals surface area contributed by atoms with Gasteiger partial charge < -0.3 is 10.1 Å². The summed E-state index contributed by atoms with van der Waals surface area (Å²) in [6.45, 7) is 1.42. The number of rotatable bonds is 7. The van der Waals surface area contributed by atoms with Gasteiger partial charge >= 0.3 is 12.2 Å². The number of aromatic nitrogens is 2. The SMILES string of the molecule is C[C@H](NC(=O)C1CC1)c1ccc(-c2cnc(OCCC(F)(F)F)nc2)cc1. The van der Waals surface area contributed by atoms with Gasteiger partial charge in [-0.2, -0.15) is 13.2 Å². The molecule has 0 aliphatic heterocycles. The smallest absolute Gasteiger partial charge is 0.392 e. The fourth-order valence-corrected chi connectivity index (χ4v) is 2.52. The second-order valence-electron chi connectivity index (χ2n) is 6.59. The molecule has 1 aromatic heterocycles. The van der Waals surface area contributed by atoms with Crippen LogP contribution >= 0.6 is 0 Å². The number of carbonyl (C=O) groups excluding carboxylic acids is 1. The molecule has 2 aromatic rings. The Bertz CT molecular complexity index is 772. The van der Waals surface area contributed by atoms with Gasteiger partial charge in [-0.1, -0.05) is 24.3 Å². The van der Waals surface area contributed by atoms with E-state index in [1.807, 2.05) is 31.2 Å². The van der Waals surface area contributed by atoms with Gasteiger partial charge in [0, 0.05) is 23.9 Å². The van der Waals surface area contributed by atoms with Gasteiger partial charge in [0.2, 0.25) is 5.91 Å². The van der Waals surface area contributed by atoms with E-state index in [1.165, 1.54) is 12.4 Å². The maximum Gasteiger partial charge on any atom is 0.392 e. The second-order valence-corrected chi connectivity index (χ2v) is 6.59. The number of benzene rings is 1. The Kier molecular flexibility index (Phi) is 5.62. The van der Waals surface area contributed by atoms with Gasteiger partial charge in [-0.05, 0) is 30.9 Å². The lowest BCUT2D eigenvalue weighted by Crippen LogP contribution is -2.27. The molecule has 1 heterocycles. The van der Waals surface area contributed by atoms with Gasteiger partial charge in [0.1, 0.15) is 6.61 Å². The number of ether oxygens (including phenoxy) is 1. The molecule has 8 heteroatoms. The van der Waals surface area contributed by atoms with Crippen LogP contribution in [0.3, 0.4) is 0 Å². The fourth-order valence-electron chi connectivity index (χ4n) is 2.52. The van der Waals surface area contributed by atoms with Crippen LogP contribution < -0.4 is 10.1 Å². The van der Waals surface area contributed by atoms with Crippen LogP contribution in [0.15, 0.2) is 36.7 Å². The summed E-state index contributed by atoms with van der Waals surface area (Å²) in [5, 5.41) is 2.99. The molecule has 27 heavy (non-hydrogen) atoms. The first-order valence-corrected chi connectivity index (χ1v) is 8.74. The summed E-state index contributed by atoms with van der Waals surface area (Å²) >= 11 is 0. The third-order valence-corrected chi connectivity index (χ3v) is 4.30. The molecule has 1 saturated carbocycles. The summed E-state index contributed by atoms with van der Waals surface area (Å²) in [7, 11) is 0.